The van der Waals surface area contributed by atoms with E-state index in [-0.39, 0.29) is 12.9 Å². The molecular weight excluding hydrogens is 306 g/mol. The fourth-order valence-electron chi connectivity index (χ4n) is 2.42. The molecule has 0 amide bonds. The lowest BCUT2D eigenvalue weighted by atomic mass is 10.2. The topological polar surface area (TPSA) is 51.2 Å². The average molecular weight is 337 g/mol. The molecule has 0 fully saturated rings. The number of aliphatic hydroxyl groups is 1. The van der Waals surface area contributed by atoms with Gasteiger partial charge in [-0.25, -0.2) is 0 Å². The van der Waals surface area contributed by atoms with Crippen molar-refractivity contribution < 1.29 is 19.3 Å². The molecule has 0 spiro atoms. The molecule has 5 heteroatoms. The van der Waals surface area contributed by atoms with Crippen molar-refractivity contribution in [3.05, 3.63) is 48.6 Å². The second-order valence-electron chi connectivity index (χ2n) is 5.50. The van der Waals surface area contributed by atoms with Crippen LogP contribution in [0.15, 0.2) is 43.0 Å². The summed E-state index contributed by atoms with van der Waals surface area (Å²) in [5.74, 6) is 0. The van der Waals surface area contributed by atoms with E-state index in [9.17, 15) is 5.11 Å². The van der Waals surface area contributed by atoms with E-state index in [1.54, 1.807) is 6.08 Å². The minimum absolute atomic E-state index is 0.283. The molecule has 0 aliphatic rings. The zero-order valence-corrected chi connectivity index (χ0v) is 14.9. The standard InChI is InChI=1S/C19H31NO4/c1-4-12-22-16-18(21)14-20(13-17-10-8-7-9-11-17)15-19(23-5-2)24-6-3/h4,7-11,18-19,21H,1,5-6,12-16H2,2-3H3. The number of benzene rings is 1. The summed E-state index contributed by atoms with van der Waals surface area (Å²) in [7, 11) is 0. The third-order valence-corrected chi connectivity index (χ3v) is 3.38. The molecular formula is C19H31NO4. The lowest BCUT2D eigenvalue weighted by Crippen LogP contribution is -2.41. The van der Waals surface area contributed by atoms with Gasteiger partial charge in [0.1, 0.15) is 0 Å². The molecule has 1 rings (SSSR count). The largest absolute Gasteiger partial charge is 0.389 e. The third kappa shape index (κ3) is 9.15. The number of rotatable bonds is 14. The van der Waals surface area contributed by atoms with Crippen LogP contribution in [0.1, 0.15) is 19.4 Å². The smallest absolute Gasteiger partial charge is 0.170 e. The highest BCUT2D eigenvalue weighted by atomic mass is 16.7. The van der Waals surface area contributed by atoms with E-state index < -0.39 is 6.10 Å². The Morgan fingerprint density at radius 3 is 2.38 bits per heavy atom. The molecule has 1 aromatic rings. The minimum atomic E-state index is -0.572. The van der Waals surface area contributed by atoms with Crippen molar-refractivity contribution in [3.8, 4) is 0 Å². The SMILES string of the molecule is C=CCOCC(O)CN(Cc1ccccc1)CC(OCC)OCC. The lowest BCUT2D eigenvalue weighted by Gasteiger charge is -2.29. The molecule has 1 aromatic carbocycles. The van der Waals surface area contributed by atoms with Crippen molar-refractivity contribution in [2.45, 2.75) is 32.8 Å². The minimum Gasteiger partial charge on any atom is -0.389 e. The van der Waals surface area contributed by atoms with E-state index in [0.29, 0.717) is 32.9 Å². The zero-order valence-electron chi connectivity index (χ0n) is 14.9. The maximum Gasteiger partial charge on any atom is 0.170 e. The molecule has 0 radical (unpaired) electrons. The Morgan fingerprint density at radius 1 is 1.12 bits per heavy atom. The summed E-state index contributed by atoms with van der Waals surface area (Å²) < 4.78 is 16.6. The summed E-state index contributed by atoms with van der Waals surface area (Å²) in [6.07, 6.45) is 0.803. The van der Waals surface area contributed by atoms with E-state index in [0.717, 1.165) is 6.54 Å². The maximum absolute atomic E-state index is 10.2. The molecule has 0 aromatic heterocycles. The van der Waals surface area contributed by atoms with Crippen LogP contribution < -0.4 is 0 Å². The van der Waals surface area contributed by atoms with Gasteiger partial charge >= 0.3 is 0 Å². The number of nitrogens with zero attached hydrogens (tertiary/aromatic N) is 1. The van der Waals surface area contributed by atoms with E-state index in [2.05, 4.69) is 23.6 Å². The van der Waals surface area contributed by atoms with Crippen molar-refractivity contribution in [1.29, 1.82) is 0 Å². The van der Waals surface area contributed by atoms with Crippen LogP contribution in [0.25, 0.3) is 0 Å². The van der Waals surface area contributed by atoms with Gasteiger partial charge in [-0.2, -0.15) is 0 Å². The molecule has 1 atom stereocenters. The van der Waals surface area contributed by atoms with Gasteiger partial charge in [-0.15, -0.1) is 6.58 Å². The Labute approximate surface area is 145 Å². The number of aliphatic hydroxyl groups excluding tert-OH is 1. The van der Waals surface area contributed by atoms with E-state index in [4.69, 9.17) is 14.2 Å². The first-order valence-electron chi connectivity index (χ1n) is 8.55. The van der Waals surface area contributed by atoms with Crippen LogP contribution in [0.3, 0.4) is 0 Å². The predicted molar refractivity (Wildman–Crippen MR) is 95.8 cm³/mol. The molecule has 0 aliphatic heterocycles. The predicted octanol–water partition coefficient (Wildman–Crippen LogP) is 2.45. The molecule has 0 heterocycles. The van der Waals surface area contributed by atoms with Crippen LogP contribution >= 0.6 is 0 Å². The highest BCUT2D eigenvalue weighted by Gasteiger charge is 2.18. The van der Waals surface area contributed by atoms with Crippen LogP contribution in [0.4, 0.5) is 0 Å². The summed E-state index contributed by atoms with van der Waals surface area (Å²) in [6.45, 7) is 11.2. The first kappa shape index (κ1) is 20.8. The van der Waals surface area contributed by atoms with Crippen molar-refractivity contribution in [2.24, 2.45) is 0 Å². The van der Waals surface area contributed by atoms with Crippen LogP contribution in [-0.4, -0.2) is 61.9 Å². The fraction of sp³-hybridized carbons (Fsp3) is 0.579. The van der Waals surface area contributed by atoms with Gasteiger partial charge in [0.25, 0.3) is 0 Å². The van der Waals surface area contributed by atoms with Gasteiger partial charge in [0.2, 0.25) is 0 Å². The maximum atomic E-state index is 10.2. The average Bonchev–Trinajstić information content (AvgIpc) is 2.56. The molecule has 0 saturated carbocycles. The Bertz CT molecular complexity index is 421. The van der Waals surface area contributed by atoms with Crippen molar-refractivity contribution in [2.75, 3.05) is 39.5 Å². The molecule has 0 saturated heterocycles. The Hall–Kier alpha value is -1.24. The highest BCUT2D eigenvalue weighted by molar-refractivity contribution is 5.14. The van der Waals surface area contributed by atoms with Crippen molar-refractivity contribution in [1.82, 2.24) is 4.90 Å². The van der Waals surface area contributed by atoms with Crippen LogP contribution in [-0.2, 0) is 20.8 Å². The van der Waals surface area contributed by atoms with E-state index in [1.807, 2.05) is 32.0 Å². The number of hydrogen-bond donors (Lipinski definition) is 1. The lowest BCUT2D eigenvalue weighted by molar-refractivity contribution is -0.150. The monoisotopic (exact) mass is 337 g/mol. The first-order chi connectivity index (χ1) is 11.7. The third-order valence-electron chi connectivity index (χ3n) is 3.38. The van der Waals surface area contributed by atoms with E-state index in [1.165, 1.54) is 5.56 Å². The molecule has 1 unspecified atom stereocenters. The quantitative estimate of drug-likeness (QED) is 0.321. The molecule has 24 heavy (non-hydrogen) atoms. The van der Waals surface area contributed by atoms with Crippen LogP contribution in [0.2, 0.25) is 0 Å². The molecule has 5 nitrogen and oxygen atoms in total. The summed E-state index contributed by atoms with van der Waals surface area (Å²) in [4.78, 5) is 2.13. The fourth-order valence-corrected chi connectivity index (χ4v) is 2.42. The first-order valence-corrected chi connectivity index (χ1v) is 8.55. The number of ether oxygens (including phenoxy) is 3. The second-order valence-corrected chi connectivity index (χ2v) is 5.50. The van der Waals surface area contributed by atoms with Gasteiger partial charge in [-0.1, -0.05) is 36.4 Å². The molecule has 0 bridgehead atoms. The summed E-state index contributed by atoms with van der Waals surface area (Å²) in [5, 5.41) is 10.2. The van der Waals surface area contributed by atoms with Gasteiger partial charge in [0.15, 0.2) is 6.29 Å². The Morgan fingerprint density at radius 2 is 1.79 bits per heavy atom. The Balaban J connectivity index is 2.64. The Kier molecular flexibility index (Phi) is 11.4. The molecule has 1 N–H and O–H groups in total. The zero-order chi connectivity index (χ0) is 17.6. The summed E-state index contributed by atoms with van der Waals surface area (Å²) >= 11 is 0. The van der Waals surface area contributed by atoms with Gasteiger partial charge < -0.3 is 19.3 Å². The van der Waals surface area contributed by atoms with Crippen LogP contribution in [0, 0.1) is 0 Å². The molecule has 0 aliphatic carbocycles. The van der Waals surface area contributed by atoms with Crippen LogP contribution in [0.5, 0.6) is 0 Å². The number of hydrogen-bond acceptors (Lipinski definition) is 5. The molecule has 136 valence electrons. The van der Waals surface area contributed by atoms with Crippen molar-refractivity contribution in [3.63, 3.8) is 0 Å². The second kappa shape index (κ2) is 13.1. The summed E-state index contributed by atoms with van der Waals surface area (Å²) in [6, 6.07) is 10.2. The van der Waals surface area contributed by atoms with Crippen molar-refractivity contribution >= 4 is 0 Å². The summed E-state index contributed by atoms with van der Waals surface area (Å²) in [5.41, 5.74) is 1.18. The highest BCUT2D eigenvalue weighted by Crippen LogP contribution is 2.09. The van der Waals surface area contributed by atoms with Gasteiger partial charge in [-0.05, 0) is 19.4 Å². The van der Waals surface area contributed by atoms with E-state index >= 15 is 0 Å². The van der Waals surface area contributed by atoms with Gasteiger partial charge in [0.05, 0.1) is 19.3 Å². The van der Waals surface area contributed by atoms with Gasteiger partial charge in [0, 0.05) is 32.8 Å². The van der Waals surface area contributed by atoms with Gasteiger partial charge in [-0.3, -0.25) is 4.90 Å². The normalized spacial score (nSPS) is 12.7.